The Bertz CT molecular complexity index is 366. The molecule has 20 heavy (non-hydrogen) atoms. The molecule has 0 amide bonds. The van der Waals surface area contributed by atoms with E-state index in [9.17, 15) is 0 Å². The van der Waals surface area contributed by atoms with E-state index in [0.29, 0.717) is 6.61 Å². The fourth-order valence-corrected chi connectivity index (χ4v) is 2.25. The number of methoxy groups -OCH3 is 1. The van der Waals surface area contributed by atoms with Crippen LogP contribution in [0.1, 0.15) is 32.4 Å². The molecule has 1 aromatic rings. The van der Waals surface area contributed by atoms with Gasteiger partial charge in [-0.1, -0.05) is 12.1 Å². The molecule has 0 aliphatic rings. The van der Waals surface area contributed by atoms with Crippen LogP contribution < -0.4 is 10.1 Å². The molecule has 1 rings (SSSR count). The monoisotopic (exact) mass is 281 g/mol. The highest BCUT2D eigenvalue weighted by molar-refractivity contribution is 5.29. The lowest BCUT2D eigenvalue weighted by molar-refractivity contribution is -0.0518. The first-order valence-electron chi connectivity index (χ1n) is 7.16. The summed E-state index contributed by atoms with van der Waals surface area (Å²) in [6, 6.07) is 8.21. The summed E-state index contributed by atoms with van der Waals surface area (Å²) in [6.07, 6.45) is 0.142. The van der Waals surface area contributed by atoms with Crippen molar-refractivity contribution in [1.82, 2.24) is 5.32 Å². The topological polar surface area (TPSA) is 39.7 Å². The first kappa shape index (κ1) is 17.0. The lowest BCUT2D eigenvalue weighted by atomic mass is 10.0. The fourth-order valence-electron chi connectivity index (χ4n) is 2.25. The van der Waals surface area contributed by atoms with Crippen molar-refractivity contribution < 1.29 is 14.2 Å². The summed E-state index contributed by atoms with van der Waals surface area (Å²) in [5.41, 5.74) is 1.18. The van der Waals surface area contributed by atoms with Gasteiger partial charge in [-0.05, 0) is 45.5 Å². The minimum atomic E-state index is 0.0591. The lowest BCUT2D eigenvalue weighted by Gasteiger charge is -2.27. The molecule has 4 nitrogen and oxygen atoms in total. The molecule has 0 bridgehead atoms. The Kier molecular flexibility index (Phi) is 7.59. The number of hydrogen-bond acceptors (Lipinski definition) is 4. The minimum absolute atomic E-state index is 0.0591. The molecular formula is C16H27NO3. The van der Waals surface area contributed by atoms with E-state index in [4.69, 9.17) is 14.2 Å². The van der Waals surface area contributed by atoms with E-state index in [-0.39, 0.29) is 18.2 Å². The molecule has 0 aliphatic carbocycles. The van der Waals surface area contributed by atoms with Gasteiger partial charge in [-0.15, -0.1) is 0 Å². The molecule has 3 atom stereocenters. The third-order valence-electron chi connectivity index (χ3n) is 3.26. The average molecular weight is 281 g/mol. The molecule has 1 N–H and O–H groups in total. The highest BCUT2D eigenvalue weighted by Crippen LogP contribution is 2.22. The highest BCUT2D eigenvalue weighted by Gasteiger charge is 2.20. The zero-order chi connectivity index (χ0) is 15.0. The second kappa shape index (κ2) is 8.95. The smallest absolute Gasteiger partial charge is 0.118 e. The Morgan fingerprint density at radius 2 is 1.80 bits per heavy atom. The van der Waals surface area contributed by atoms with Crippen molar-refractivity contribution in [2.45, 2.75) is 39.0 Å². The Morgan fingerprint density at radius 1 is 1.15 bits per heavy atom. The van der Waals surface area contributed by atoms with Crippen LogP contribution in [0.2, 0.25) is 0 Å². The Balaban J connectivity index is 2.63. The predicted molar refractivity (Wildman–Crippen MR) is 81.3 cm³/mol. The third-order valence-corrected chi connectivity index (χ3v) is 3.26. The van der Waals surface area contributed by atoms with Crippen LogP contribution in [0.25, 0.3) is 0 Å². The second-order valence-electron chi connectivity index (χ2n) is 4.85. The fraction of sp³-hybridized carbons (Fsp3) is 0.625. The first-order chi connectivity index (χ1) is 9.62. The number of nitrogens with one attached hydrogen (secondary N) is 1. The van der Waals surface area contributed by atoms with Crippen LogP contribution in [-0.4, -0.2) is 39.6 Å². The SMILES string of the molecule is CCOCC(C)OC(C)C(NC)c1ccc(OC)cc1. The van der Waals surface area contributed by atoms with Gasteiger partial charge in [0.25, 0.3) is 0 Å². The molecule has 0 aliphatic heterocycles. The van der Waals surface area contributed by atoms with Gasteiger partial charge >= 0.3 is 0 Å². The normalized spacial score (nSPS) is 15.7. The van der Waals surface area contributed by atoms with Crippen molar-refractivity contribution in [3.8, 4) is 5.75 Å². The number of benzene rings is 1. The molecule has 1 aromatic carbocycles. The molecule has 0 fully saturated rings. The van der Waals surface area contributed by atoms with Crippen molar-refractivity contribution in [3.05, 3.63) is 29.8 Å². The summed E-state index contributed by atoms with van der Waals surface area (Å²) in [4.78, 5) is 0. The Labute approximate surface area is 122 Å². The Morgan fingerprint density at radius 3 is 2.30 bits per heavy atom. The summed E-state index contributed by atoms with van der Waals surface area (Å²) in [7, 11) is 3.62. The molecule has 0 heterocycles. The highest BCUT2D eigenvalue weighted by atomic mass is 16.5. The predicted octanol–water partition coefficient (Wildman–Crippen LogP) is 2.79. The van der Waals surface area contributed by atoms with E-state index in [0.717, 1.165) is 12.4 Å². The van der Waals surface area contributed by atoms with Crippen LogP contribution in [0.3, 0.4) is 0 Å². The van der Waals surface area contributed by atoms with Crippen LogP contribution in [0, 0.1) is 0 Å². The number of rotatable bonds is 9. The van der Waals surface area contributed by atoms with Crippen LogP contribution >= 0.6 is 0 Å². The average Bonchev–Trinajstić information content (AvgIpc) is 2.46. The van der Waals surface area contributed by atoms with E-state index >= 15 is 0 Å². The molecule has 0 radical (unpaired) electrons. The molecule has 0 aromatic heterocycles. The van der Waals surface area contributed by atoms with Gasteiger partial charge in [0, 0.05) is 6.61 Å². The summed E-state index contributed by atoms with van der Waals surface area (Å²) in [6.45, 7) is 7.44. The minimum Gasteiger partial charge on any atom is -0.497 e. The van der Waals surface area contributed by atoms with E-state index in [2.05, 4.69) is 24.4 Å². The van der Waals surface area contributed by atoms with Gasteiger partial charge in [0.2, 0.25) is 0 Å². The standard InChI is InChI=1S/C16H27NO3/c1-6-19-11-12(2)20-13(3)16(17-4)14-7-9-15(18-5)10-8-14/h7-10,12-13,16-17H,6,11H2,1-5H3. The van der Waals surface area contributed by atoms with Crippen LogP contribution in [0.4, 0.5) is 0 Å². The zero-order valence-corrected chi connectivity index (χ0v) is 13.2. The van der Waals surface area contributed by atoms with Crippen LogP contribution in [0.5, 0.6) is 5.75 Å². The zero-order valence-electron chi connectivity index (χ0n) is 13.2. The van der Waals surface area contributed by atoms with Gasteiger partial charge in [0.15, 0.2) is 0 Å². The molecule has 0 saturated carbocycles. The number of hydrogen-bond donors (Lipinski definition) is 1. The first-order valence-corrected chi connectivity index (χ1v) is 7.16. The molecular weight excluding hydrogens is 254 g/mol. The van der Waals surface area contributed by atoms with Crippen molar-refractivity contribution in [2.24, 2.45) is 0 Å². The van der Waals surface area contributed by atoms with Gasteiger partial charge in [-0.3, -0.25) is 0 Å². The van der Waals surface area contributed by atoms with Crippen molar-refractivity contribution >= 4 is 0 Å². The van der Waals surface area contributed by atoms with Gasteiger partial charge < -0.3 is 19.5 Å². The van der Waals surface area contributed by atoms with Crippen molar-refractivity contribution in [1.29, 1.82) is 0 Å². The van der Waals surface area contributed by atoms with Gasteiger partial charge in [0.1, 0.15) is 5.75 Å². The van der Waals surface area contributed by atoms with Crippen LogP contribution in [-0.2, 0) is 9.47 Å². The van der Waals surface area contributed by atoms with Gasteiger partial charge in [-0.2, -0.15) is 0 Å². The summed E-state index contributed by atoms with van der Waals surface area (Å²) in [5.74, 6) is 0.863. The summed E-state index contributed by atoms with van der Waals surface area (Å²) in [5, 5.41) is 3.31. The van der Waals surface area contributed by atoms with Crippen LogP contribution in [0.15, 0.2) is 24.3 Å². The molecule has 3 unspecified atom stereocenters. The maximum atomic E-state index is 6.00. The largest absolute Gasteiger partial charge is 0.497 e. The van der Waals surface area contributed by atoms with E-state index in [1.54, 1.807) is 7.11 Å². The quantitative estimate of drug-likeness (QED) is 0.755. The van der Waals surface area contributed by atoms with E-state index in [1.807, 2.05) is 33.0 Å². The summed E-state index contributed by atoms with van der Waals surface area (Å²) >= 11 is 0. The van der Waals surface area contributed by atoms with Crippen molar-refractivity contribution in [2.75, 3.05) is 27.4 Å². The molecule has 0 spiro atoms. The number of ether oxygens (including phenoxy) is 3. The maximum Gasteiger partial charge on any atom is 0.118 e. The third kappa shape index (κ3) is 5.12. The number of likely N-dealkylation sites (N-methyl/N-ethyl adjacent to an activating group) is 1. The Hall–Kier alpha value is -1.10. The second-order valence-corrected chi connectivity index (χ2v) is 4.85. The van der Waals surface area contributed by atoms with Gasteiger partial charge in [-0.25, -0.2) is 0 Å². The summed E-state index contributed by atoms with van der Waals surface area (Å²) < 4.78 is 16.6. The molecule has 4 heteroatoms. The molecule has 114 valence electrons. The van der Waals surface area contributed by atoms with Crippen molar-refractivity contribution in [3.63, 3.8) is 0 Å². The van der Waals surface area contributed by atoms with Gasteiger partial charge in [0.05, 0.1) is 32.0 Å². The lowest BCUT2D eigenvalue weighted by Crippen LogP contribution is -2.33. The molecule has 0 saturated heterocycles. The van der Waals surface area contributed by atoms with E-state index < -0.39 is 0 Å². The maximum absolute atomic E-state index is 6.00. The van der Waals surface area contributed by atoms with E-state index in [1.165, 1.54) is 5.56 Å².